The number of allylic oxidation sites excluding steroid dienone is 4. The number of rotatable bonds is 5. The van der Waals surface area contributed by atoms with Crippen molar-refractivity contribution in [1.29, 1.82) is 0 Å². The second kappa shape index (κ2) is 6.38. The van der Waals surface area contributed by atoms with E-state index in [1.807, 2.05) is 18.2 Å². The number of aryl methyl sites for hydroxylation is 1. The first kappa shape index (κ1) is 16.3. The molecule has 0 N–H and O–H groups in total. The van der Waals surface area contributed by atoms with E-state index in [1.165, 1.54) is 11.1 Å². The first-order chi connectivity index (χ1) is 13.3. The molecule has 2 aromatic carbocycles. The molecule has 5 rings (SSSR count). The number of benzene rings is 2. The van der Waals surface area contributed by atoms with E-state index in [0.717, 1.165) is 24.9 Å². The first-order valence-corrected chi connectivity index (χ1v) is 9.82. The third-order valence-corrected chi connectivity index (χ3v) is 6.23. The lowest BCUT2D eigenvalue weighted by atomic mass is 9.77. The van der Waals surface area contributed by atoms with Gasteiger partial charge < -0.3 is 4.90 Å². The lowest BCUT2D eigenvalue weighted by Gasteiger charge is -2.49. The summed E-state index contributed by atoms with van der Waals surface area (Å²) in [4.78, 5) is 15.2. The van der Waals surface area contributed by atoms with Crippen LogP contribution in [0.3, 0.4) is 0 Å². The molecule has 1 amide bonds. The highest BCUT2D eigenvalue weighted by Gasteiger charge is 2.76. The number of para-hydroxylation sites is 1. The van der Waals surface area contributed by atoms with Crippen molar-refractivity contribution < 1.29 is 4.79 Å². The Kier molecular flexibility index (Phi) is 3.86. The van der Waals surface area contributed by atoms with Crippen molar-refractivity contribution in [2.75, 3.05) is 4.90 Å². The van der Waals surface area contributed by atoms with Gasteiger partial charge in [-0.1, -0.05) is 78.9 Å². The van der Waals surface area contributed by atoms with Gasteiger partial charge >= 0.3 is 0 Å². The van der Waals surface area contributed by atoms with Gasteiger partial charge in [0.2, 0.25) is 5.91 Å². The number of anilines is 1. The molecule has 2 unspecified atom stereocenters. The number of hydrogen-bond donors (Lipinski definition) is 0. The van der Waals surface area contributed by atoms with Crippen molar-refractivity contribution >= 4 is 11.6 Å². The van der Waals surface area contributed by atoms with Crippen LogP contribution in [0, 0.1) is 11.8 Å². The molecule has 0 bridgehead atoms. The van der Waals surface area contributed by atoms with Gasteiger partial charge in [0.1, 0.15) is 0 Å². The summed E-state index contributed by atoms with van der Waals surface area (Å²) in [5.74, 6) is 0.724. The van der Waals surface area contributed by atoms with Crippen molar-refractivity contribution in [2.45, 2.75) is 24.8 Å². The van der Waals surface area contributed by atoms with E-state index in [1.54, 1.807) is 0 Å². The lowest BCUT2D eigenvalue weighted by Crippen LogP contribution is -2.65. The Hall–Kier alpha value is -2.87. The molecule has 3 aliphatic rings. The average Bonchev–Trinajstić information content (AvgIpc) is 3.41. The fourth-order valence-corrected chi connectivity index (χ4v) is 4.99. The molecule has 1 spiro atoms. The smallest absolute Gasteiger partial charge is 0.233 e. The average molecular weight is 353 g/mol. The summed E-state index contributed by atoms with van der Waals surface area (Å²) in [5.41, 5.74) is 3.63. The summed E-state index contributed by atoms with van der Waals surface area (Å²) in [5, 5.41) is 0. The van der Waals surface area contributed by atoms with Gasteiger partial charge in [0.05, 0.1) is 11.5 Å². The van der Waals surface area contributed by atoms with Crippen molar-refractivity contribution in [2.24, 2.45) is 11.8 Å². The second-order valence-electron chi connectivity index (χ2n) is 7.63. The molecular formula is C25H23NO. The zero-order chi connectivity index (χ0) is 18.3. The summed E-state index contributed by atoms with van der Waals surface area (Å²) >= 11 is 0. The zero-order valence-corrected chi connectivity index (χ0v) is 15.3. The Labute approximate surface area is 160 Å². The molecule has 27 heavy (non-hydrogen) atoms. The minimum atomic E-state index is -0.129. The second-order valence-corrected chi connectivity index (χ2v) is 7.63. The first-order valence-electron chi connectivity index (χ1n) is 9.82. The normalized spacial score (nSPS) is 27.8. The molecule has 1 saturated carbocycles. The maximum absolute atomic E-state index is 13.1. The fourth-order valence-electron chi connectivity index (χ4n) is 4.99. The number of amides is 1. The van der Waals surface area contributed by atoms with E-state index in [4.69, 9.17) is 0 Å². The maximum Gasteiger partial charge on any atom is 0.233 e. The van der Waals surface area contributed by atoms with Crippen LogP contribution >= 0.6 is 0 Å². The van der Waals surface area contributed by atoms with E-state index < -0.39 is 0 Å². The molecule has 2 aliphatic carbocycles. The van der Waals surface area contributed by atoms with Crippen LogP contribution in [0.1, 0.15) is 18.4 Å². The monoisotopic (exact) mass is 353 g/mol. The lowest BCUT2D eigenvalue weighted by molar-refractivity contribution is -0.131. The van der Waals surface area contributed by atoms with Gasteiger partial charge in [-0.25, -0.2) is 0 Å². The number of carbonyl (C=O) groups excluding carboxylic acids is 1. The zero-order valence-electron chi connectivity index (χ0n) is 15.3. The number of fused-ring (bicyclic) bond motifs is 3. The Morgan fingerprint density at radius 3 is 2.41 bits per heavy atom. The predicted molar refractivity (Wildman–Crippen MR) is 109 cm³/mol. The highest BCUT2D eigenvalue weighted by Crippen LogP contribution is 2.67. The Morgan fingerprint density at radius 2 is 1.63 bits per heavy atom. The molecule has 2 nitrogen and oxygen atoms in total. The molecule has 1 heterocycles. The molecular weight excluding hydrogens is 330 g/mol. The molecule has 0 aromatic heterocycles. The third kappa shape index (κ3) is 2.43. The van der Waals surface area contributed by atoms with E-state index in [9.17, 15) is 4.79 Å². The predicted octanol–water partition coefficient (Wildman–Crippen LogP) is 5.09. The number of nitrogens with zero attached hydrogens (tertiary/aromatic N) is 1. The fraction of sp³-hybridized carbons (Fsp3) is 0.240. The van der Waals surface area contributed by atoms with Crippen LogP contribution in [0.4, 0.5) is 5.69 Å². The van der Waals surface area contributed by atoms with Crippen LogP contribution in [0.15, 0.2) is 96.6 Å². The molecule has 1 saturated heterocycles. The van der Waals surface area contributed by atoms with Gasteiger partial charge in [0.25, 0.3) is 0 Å². The molecule has 0 radical (unpaired) electrons. The van der Waals surface area contributed by atoms with E-state index in [0.29, 0.717) is 5.92 Å². The van der Waals surface area contributed by atoms with Gasteiger partial charge in [0, 0.05) is 11.6 Å². The molecule has 2 fully saturated rings. The highest BCUT2D eigenvalue weighted by atomic mass is 16.2. The van der Waals surface area contributed by atoms with Gasteiger partial charge in [-0.3, -0.25) is 4.79 Å². The summed E-state index contributed by atoms with van der Waals surface area (Å²) < 4.78 is 0. The summed E-state index contributed by atoms with van der Waals surface area (Å²) in [6.45, 7) is 0. The van der Waals surface area contributed by atoms with Crippen molar-refractivity contribution in [3.05, 3.63) is 102 Å². The van der Waals surface area contributed by atoms with Crippen LogP contribution in [-0.4, -0.2) is 11.4 Å². The van der Waals surface area contributed by atoms with Crippen molar-refractivity contribution in [1.82, 2.24) is 0 Å². The van der Waals surface area contributed by atoms with Gasteiger partial charge in [-0.15, -0.1) is 0 Å². The quantitative estimate of drug-likeness (QED) is 0.685. The van der Waals surface area contributed by atoms with Crippen LogP contribution in [0.25, 0.3) is 0 Å². The van der Waals surface area contributed by atoms with E-state index in [-0.39, 0.29) is 17.4 Å². The minimum Gasteiger partial charge on any atom is -0.300 e. The van der Waals surface area contributed by atoms with Gasteiger partial charge in [-0.2, -0.15) is 0 Å². The number of carbonyl (C=O) groups is 1. The summed E-state index contributed by atoms with van der Waals surface area (Å²) in [7, 11) is 0. The van der Waals surface area contributed by atoms with Gasteiger partial charge in [-0.05, 0) is 42.5 Å². The molecule has 1 aliphatic heterocycles. The van der Waals surface area contributed by atoms with Crippen molar-refractivity contribution in [3.8, 4) is 0 Å². The van der Waals surface area contributed by atoms with Crippen LogP contribution in [-0.2, 0) is 11.2 Å². The Morgan fingerprint density at radius 1 is 0.889 bits per heavy atom. The molecule has 2 aromatic rings. The SMILES string of the molecule is O=C1[C@H](CCCc2ccccc2)C2(C3=CC=CC=CC32)N1c1ccccc1. The number of hydrogen-bond acceptors (Lipinski definition) is 1. The molecule has 134 valence electrons. The number of β-lactam (4-membered cyclic amide) rings is 1. The van der Waals surface area contributed by atoms with E-state index >= 15 is 0 Å². The highest BCUT2D eigenvalue weighted by molar-refractivity contribution is 6.09. The van der Waals surface area contributed by atoms with E-state index in [2.05, 4.69) is 77.7 Å². The summed E-state index contributed by atoms with van der Waals surface area (Å²) in [6.07, 6.45) is 13.8. The molecule has 2 heteroatoms. The minimum absolute atomic E-state index is 0.0915. The van der Waals surface area contributed by atoms with Crippen LogP contribution < -0.4 is 4.90 Å². The Balaban J connectivity index is 1.40. The Bertz CT molecular complexity index is 941. The largest absolute Gasteiger partial charge is 0.300 e. The van der Waals surface area contributed by atoms with Crippen molar-refractivity contribution in [3.63, 3.8) is 0 Å². The van der Waals surface area contributed by atoms with Crippen LogP contribution in [0.5, 0.6) is 0 Å². The topological polar surface area (TPSA) is 20.3 Å². The maximum atomic E-state index is 13.1. The molecule has 3 atom stereocenters. The van der Waals surface area contributed by atoms with Gasteiger partial charge in [0.15, 0.2) is 0 Å². The summed E-state index contributed by atoms with van der Waals surface area (Å²) in [6, 6.07) is 20.7. The van der Waals surface area contributed by atoms with Crippen LogP contribution in [0.2, 0.25) is 0 Å². The standard InChI is InChI=1S/C25H23NO/c27-24-23(18-10-13-19-11-4-1-5-12-19)25(21-16-8-3-9-17-22(21)25)26(24)20-14-6-2-7-15-20/h1-9,11-12,14-17,21,23H,10,13,18H2/t21?,23-,25?/m0/s1. The third-order valence-electron chi connectivity index (χ3n) is 6.23.